The number of amides is 2. The second-order valence-electron chi connectivity index (χ2n) is 4.30. The Hall–Kier alpha value is -2.44. The number of carbonyl (C=O) groups is 2. The molecule has 0 aromatic heterocycles. The maximum absolute atomic E-state index is 12.3. The van der Waals surface area contributed by atoms with E-state index in [4.69, 9.17) is 0 Å². The quantitative estimate of drug-likeness (QED) is 0.620. The van der Waals surface area contributed by atoms with Crippen LogP contribution in [0.15, 0.2) is 18.2 Å². The Balaban J connectivity index is 2.36. The van der Waals surface area contributed by atoms with Gasteiger partial charge in [0.1, 0.15) is 5.56 Å². The molecule has 1 saturated heterocycles. The molecule has 19 heavy (non-hydrogen) atoms. The molecule has 100 valence electrons. The van der Waals surface area contributed by atoms with E-state index in [9.17, 15) is 19.7 Å². The van der Waals surface area contributed by atoms with Crippen LogP contribution in [0.25, 0.3) is 0 Å². The maximum Gasteiger partial charge on any atom is 0.285 e. The van der Waals surface area contributed by atoms with Crippen molar-refractivity contribution in [1.82, 2.24) is 10.2 Å². The first-order valence-corrected chi connectivity index (χ1v) is 5.80. The first kappa shape index (κ1) is 13.0. The van der Waals surface area contributed by atoms with E-state index < -0.39 is 10.8 Å². The number of hydrogen-bond donors (Lipinski definition) is 1. The van der Waals surface area contributed by atoms with E-state index in [1.165, 1.54) is 11.0 Å². The Morgan fingerprint density at radius 2 is 2.21 bits per heavy atom. The molecule has 1 fully saturated rings. The van der Waals surface area contributed by atoms with Gasteiger partial charge < -0.3 is 10.2 Å². The van der Waals surface area contributed by atoms with E-state index in [1.54, 1.807) is 19.1 Å². The van der Waals surface area contributed by atoms with E-state index in [2.05, 4.69) is 5.32 Å². The molecule has 1 N–H and O–H groups in total. The van der Waals surface area contributed by atoms with Crippen LogP contribution in [0, 0.1) is 17.0 Å². The number of nitro benzene ring substituents is 1. The van der Waals surface area contributed by atoms with Gasteiger partial charge >= 0.3 is 0 Å². The van der Waals surface area contributed by atoms with E-state index in [0.717, 1.165) is 0 Å². The van der Waals surface area contributed by atoms with Gasteiger partial charge in [-0.25, -0.2) is 0 Å². The third-order valence-corrected chi connectivity index (χ3v) is 2.98. The fraction of sp³-hybridized carbons (Fsp3) is 0.333. The van der Waals surface area contributed by atoms with Gasteiger partial charge in [-0.1, -0.05) is 12.1 Å². The Kier molecular flexibility index (Phi) is 3.46. The summed E-state index contributed by atoms with van der Waals surface area (Å²) < 4.78 is 0. The lowest BCUT2D eigenvalue weighted by molar-refractivity contribution is -0.385. The molecule has 0 saturated carbocycles. The molecule has 0 bridgehead atoms. The summed E-state index contributed by atoms with van der Waals surface area (Å²) >= 11 is 0. The van der Waals surface area contributed by atoms with Crippen LogP contribution in [0.4, 0.5) is 5.69 Å². The summed E-state index contributed by atoms with van der Waals surface area (Å²) in [5.74, 6) is -0.736. The summed E-state index contributed by atoms with van der Waals surface area (Å²) in [4.78, 5) is 35.3. The molecule has 0 aliphatic carbocycles. The lowest BCUT2D eigenvalue weighted by Crippen LogP contribution is -2.50. The van der Waals surface area contributed by atoms with Crippen LogP contribution in [0.1, 0.15) is 15.9 Å². The smallest absolute Gasteiger partial charge is 0.285 e. The van der Waals surface area contributed by atoms with Crippen molar-refractivity contribution in [2.75, 3.05) is 19.6 Å². The first-order chi connectivity index (χ1) is 9.00. The highest BCUT2D eigenvalue weighted by Crippen LogP contribution is 2.24. The zero-order valence-corrected chi connectivity index (χ0v) is 10.4. The van der Waals surface area contributed by atoms with Crippen LogP contribution in [0.2, 0.25) is 0 Å². The van der Waals surface area contributed by atoms with E-state index in [-0.39, 0.29) is 23.7 Å². The number of nitro groups is 1. The number of nitrogens with one attached hydrogen (secondary N) is 1. The summed E-state index contributed by atoms with van der Waals surface area (Å²) in [5.41, 5.74) is 0.260. The number of piperazine rings is 1. The molecule has 1 aliphatic heterocycles. The monoisotopic (exact) mass is 263 g/mol. The lowest BCUT2D eigenvalue weighted by atomic mass is 10.1. The molecule has 2 rings (SSSR count). The Bertz CT molecular complexity index is 556. The van der Waals surface area contributed by atoms with Gasteiger partial charge in [0.15, 0.2) is 0 Å². The molecular formula is C12H13N3O4. The van der Waals surface area contributed by atoms with Crippen molar-refractivity contribution in [3.63, 3.8) is 0 Å². The minimum Gasteiger partial charge on any atom is -0.353 e. The van der Waals surface area contributed by atoms with E-state index in [0.29, 0.717) is 18.7 Å². The van der Waals surface area contributed by atoms with Gasteiger partial charge in [0.25, 0.3) is 11.6 Å². The van der Waals surface area contributed by atoms with Gasteiger partial charge in [0.05, 0.1) is 11.5 Å². The first-order valence-electron chi connectivity index (χ1n) is 5.80. The third-order valence-electron chi connectivity index (χ3n) is 2.98. The fourth-order valence-corrected chi connectivity index (χ4v) is 2.06. The molecule has 0 unspecified atom stereocenters. The molecule has 1 aliphatic rings. The SMILES string of the molecule is Cc1cccc(C(=O)N2CCNC(=O)C2)c1[N+](=O)[O-]. The van der Waals surface area contributed by atoms with Crippen molar-refractivity contribution in [3.05, 3.63) is 39.4 Å². The number of rotatable bonds is 2. The van der Waals surface area contributed by atoms with Crippen molar-refractivity contribution in [2.45, 2.75) is 6.92 Å². The summed E-state index contributed by atoms with van der Waals surface area (Å²) in [6.07, 6.45) is 0. The van der Waals surface area contributed by atoms with Crippen LogP contribution in [-0.4, -0.2) is 41.3 Å². The van der Waals surface area contributed by atoms with Crippen LogP contribution in [0.3, 0.4) is 0 Å². The molecule has 1 heterocycles. The van der Waals surface area contributed by atoms with E-state index >= 15 is 0 Å². The van der Waals surface area contributed by atoms with E-state index in [1.807, 2.05) is 0 Å². The summed E-state index contributed by atoms with van der Waals surface area (Å²) in [5, 5.41) is 13.7. The highest BCUT2D eigenvalue weighted by molar-refractivity contribution is 6.00. The molecule has 0 spiro atoms. The highest BCUT2D eigenvalue weighted by Gasteiger charge is 2.28. The predicted octanol–water partition coefficient (Wildman–Crippen LogP) is 0.475. The lowest BCUT2D eigenvalue weighted by Gasteiger charge is -2.26. The Morgan fingerprint density at radius 3 is 2.84 bits per heavy atom. The molecular weight excluding hydrogens is 250 g/mol. The number of carbonyl (C=O) groups excluding carboxylic acids is 2. The Labute approximate surface area is 109 Å². The third kappa shape index (κ3) is 2.54. The molecule has 1 aromatic rings. The van der Waals surface area contributed by atoms with Crippen molar-refractivity contribution in [3.8, 4) is 0 Å². The standard InChI is InChI=1S/C12H13N3O4/c1-8-3-2-4-9(11(8)15(18)19)12(17)14-6-5-13-10(16)7-14/h2-4H,5-7H2,1H3,(H,13,16). The van der Waals surface area contributed by atoms with Gasteiger partial charge in [-0.2, -0.15) is 0 Å². The summed E-state index contributed by atoms with van der Waals surface area (Å²) in [6.45, 7) is 2.24. The number of aryl methyl sites for hydroxylation is 1. The molecule has 1 aromatic carbocycles. The minimum absolute atomic E-state index is 0.0275. The van der Waals surface area contributed by atoms with Gasteiger partial charge in [-0.3, -0.25) is 19.7 Å². The zero-order chi connectivity index (χ0) is 14.0. The number of benzene rings is 1. The average molecular weight is 263 g/mol. The molecule has 2 amide bonds. The van der Waals surface area contributed by atoms with Gasteiger partial charge in [0.2, 0.25) is 5.91 Å². The van der Waals surface area contributed by atoms with Gasteiger partial charge in [-0.05, 0) is 13.0 Å². The second-order valence-corrected chi connectivity index (χ2v) is 4.30. The topological polar surface area (TPSA) is 92.6 Å². The van der Waals surface area contributed by atoms with Crippen LogP contribution in [0.5, 0.6) is 0 Å². The number of nitrogens with zero attached hydrogens (tertiary/aromatic N) is 2. The van der Waals surface area contributed by atoms with Gasteiger partial charge in [0, 0.05) is 18.7 Å². The van der Waals surface area contributed by atoms with Crippen molar-refractivity contribution in [2.24, 2.45) is 0 Å². The van der Waals surface area contributed by atoms with Crippen LogP contribution in [-0.2, 0) is 4.79 Å². The molecule has 0 radical (unpaired) electrons. The van der Waals surface area contributed by atoms with Gasteiger partial charge in [-0.15, -0.1) is 0 Å². The zero-order valence-electron chi connectivity index (χ0n) is 10.4. The Morgan fingerprint density at radius 1 is 1.47 bits per heavy atom. The molecule has 7 nitrogen and oxygen atoms in total. The largest absolute Gasteiger partial charge is 0.353 e. The highest BCUT2D eigenvalue weighted by atomic mass is 16.6. The molecule has 0 atom stereocenters. The minimum atomic E-state index is -0.563. The number of hydrogen-bond acceptors (Lipinski definition) is 4. The van der Waals surface area contributed by atoms with Crippen molar-refractivity contribution >= 4 is 17.5 Å². The van der Waals surface area contributed by atoms with Crippen LogP contribution < -0.4 is 5.32 Å². The van der Waals surface area contributed by atoms with Crippen LogP contribution >= 0.6 is 0 Å². The second kappa shape index (κ2) is 5.05. The normalized spacial score (nSPS) is 15.0. The fourth-order valence-electron chi connectivity index (χ4n) is 2.06. The summed E-state index contributed by atoms with van der Waals surface area (Å²) in [6, 6.07) is 4.59. The van der Waals surface area contributed by atoms with Crippen molar-refractivity contribution < 1.29 is 14.5 Å². The maximum atomic E-state index is 12.3. The summed E-state index contributed by atoms with van der Waals surface area (Å²) in [7, 11) is 0. The number of para-hydroxylation sites is 1. The predicted molar refractivity (Wildman–Crippen MR) is 66.7 cm³/mol. The molecule has 7 heteroatoms. The van der Waals surface area contributed by atoms with Crippen molar-refractivity contribution in [1.29, 1.82) is 0 Å². The average Bonchev–Trinajstić information content (AvgIpc) is 2.37.